The second kappa shape index (κ2) is 3.17. The van der Waals surface area contributed by atoms with Gasteiger partial charge in [-0.25, -0.2) is 9.18 Å². The van der Waals surface area contributed by atoms with Crippen molar-refractivity contribution in [2.75, 3.05) is 0 Å². The minimum absolute atomic E-state index is 0.222. The van der Waals surface area contributed by atoms with Crippen LogP contribution in [0, 0.1) is 0 Å². The van der Waals surface area contributed by atoms with Crippen LogP contribution in [-0.2, 0) is 10.5 Å². The highest BCUT2D eigenvalue weighted by molar-refractivity contribution is 5.79. The van der Waals surface area contributed by atoms with E-state index in [-0.39, 0.29) is 5.56 Å². The van der Waals surface area contributed by atoms with Crippen molar-refractivity contribution in [3.63, 3.8) is 0 Å². The number of carboxylic acids is 1. The van der Waals surface area contributed by atoms with E-state index in [1.54, 1.807) is 0 Å². The number of alkyl halides is 1. The van der Waals surface area contributed by atoms with Crippen molar-refractivity contribution in [1.29, 1.82) is 0 Å². The fraction of sp³-hybridized carbons (Fsp3) is 0.222. The standard InChI is InChI=1S/C9H9FO4/c1-9(10,8(13)14)5-2-3-6(11)7(12)4-5/h2-4,11-12H,1H3,(H,13,14). The van der Waals surface area contributed by atoms with Crippen molar-refractivity contribution < 1.29 is 24.5 Å². The van der Waals surface area contributed by atoms with Crippen LogP contribution in [0.25, 0.3) is 0 Å². The van der Waals surface area contributed by atoms with E-state index < -0.39 is 23.1 Å². The molecule has 0 amide bonds. The number of aliphatic carboxylic acids is 1. The lowest BCUT2D eigenvalue weighted by molar-refractivity contribution is -0.150. The lowest BCUT2D eigenvalue weighted by Crippen LogP contribution is -2.26. The Morgan fingerprint density at radius 3 is 2.36 bits per heavy atom. The first-order chi connectivity index (χ1) is 6.35. The van der Waals surface area contributed by atoms with Crippen LogP contribution in [0.2, 0.25) is 0 Å². The van der Waals surface area contributed by atoms with E-state index in [2.05, 4.69) is 0 Å². The Balaban J connectivity index is 3.21. The molecular weight excluding hydrogens is 191 g/mol. The first kappa shape index (κ1) is 10.3. The second-order valence-electron chi connectivity index (χ2n) is 3.01. The van der Waals surface area contributed by atoms with Gasteiger partial charge in [-0.1, -0.05) is 6.07 Å². The van der Waals surface area contributed by atoms with E-state index in [1.807, 2.05) is 0 Å². The van der Waals surface area contributed by atoms with Gasteiger partial charge in [-0.2, -0.15) is 0 Å². The minimum atomic E-state index is -2.58. The summed E-state index contributed by atoms with van der Waals surface area (Å²) in [4.78, 5) is 10.5. The van der Waals surface area contributed by atoms with Crippen LogP contribution in [0.1, 0.15) is 12.5 Å². The number of aromatic hydroxyl groups is 2. The lowest BCUT2D eigenvalue weighted by Gasteiger charge is -2.15. The van der Waals surface area contributed by atoms with E-state index in [0.29, 0.717) is 0 Å². The van der Waals surface area contributed by atoms with Gasteiger partial charge in [0.15, 0.2) is 11.5 Å². The van der Waals surface area contributed by atoms with E-state index in [9.17, 15) is 9.18 Å². The summed E-state index contributed by atoms with van der Waals surface area (Å²) in [6.45, 7) is 0.862. The van der Waals surface area contributed by atoms with Crippen molar-refractivity contribution in [1.82, 2.24) is 0 Å². The van der Waals surface area contributed by atoms with Gasteiger partial charge in [0, 0.05) is 5.56 Å². The maximum atomic E-state index is 13.5. The molecule has 0 saturated carbocycles. The third kappa shape index (κ3) is 1.61. The van der Waals surface area contributed by atoms with Gasteiger partial charge in [0.1, 0.15) is 0 Å². The summed E-state index contributed by atoms with van der Waals surface area (Å²) in [6.07, 6.45) is 0. The summed E-state index contributed by atoms with van der Waals surface area (Å²) in [7, 11) is 0. The topological polar surface area (TPSA) is 77.8 Å². The molecular formula is C9H9FO4. The van der Waals surface area contributed by atoms with Gasteiger partial charge >= 0.3 is 5.97 Å². The molecule has 1 rings (SSSR count). The van der Waals surface area contributed by atoms with Crippen molar-refractivity contribution in [2.45, 2.75) is 12.6 Å². The molecule has 0 bridgehead atoms. The monoisotopic (exact) mass is 200 g/mol. The maximum Gasteiger partial charge on any atom is 0.345 e. The number of carbonyl (C=O) groups is 1. The molecule has 1 aromatic carbocycles. The number of phenols is 2. The molecule has 0 fully saturated rings. The average Bonchev–Trinajstić information content (AvgIpc) is 2.09. The highest BCUT2D eigenvalue weighted by Gasteiger charge is 2.35. The van der Waals surface area contributed by atoms with Crippen LogP contribution in [0.15, 0.2) is 18.2 Å². The molecule has 76 valence electrons. The highest BCUT2D eigenvalue weighted by Crippen LogP contribution is 2.32. The number of hydrogen-bond donors (Lipinski definition) is 3. The van der Waals surface area contributed by atoms with Crippen LogP contribution in [0.3, 0.4) is 0 Å². The smallest absolute Gasteiger partial charge is 0.345 e. The Labute approximate surface area is 79.2 Å². The largest absolute Gasteiger partial charge is 0.504 e. The molecule has 1 unspecified atom stereocenters. The molecule has 5 heteroatoms. The van der Waals surface area contributed by atoms with Crippen molar-refractivity contribution >= 4 is 5.97 Å². The van der Waals surface area contributed by atoms with Crippen LogP contribution >= 0.6 is 0 Å². The normalized spacial score (nSPS) is 14.7. The summed E-state index contributed by atoms with van der Waals surface area (Å²) in [5.74, 6) is -2.62. The number of phenolic OH excluding ortho intramolecular Hbond substituents is 2. The first-order valence-corrected chi connectivity index (χ1v) is 3.80. The van der Waals surface area contributed by atoms with Gasteiger partial charge in [0.25, 0.3) is 0 Å². The third-order valence-electron chi connectivity index (χ3n) is 1.92. The molecule has 0 aromatic heterocycles. The zero-order chi connectivity index (χ0) is 10.9. The lowest BCUT2D eigenvalue weighted by atomic mass is 9.98. The zero-order valence-electron chi connectivity index (χ0n) is 7.36. The SMILES string of the molecule is CC(F)(C(=O)O)c1ccc(O)c(O)c1. The van der Waals surface area contributed by atoms with Crippen LogP contribution in [-0.4, -0.2) is 21.3 Å². The molecule has 4 nitrogen and oxygen atoms in total. The molecule has 0 aliphatic heterocycles. The molecule has 0 aliphatic carbocycles. The Morgan fingerprint density at radius 2 is 1.93 bits per heavy atom. The number of hydrogen-bond acceptors (Lipinski definition) is 3. The molecule has 14 heavy (non-hydrogen) atoms. The number of rotatable bonds is 2. The van der Waals surface area contributed by atoms with E-state index >= 15 is 0 Å². The fourth-order valence-electron chi connectivity index (χ4n) is 0.939. The van der Waals surface area contributed by atoms with Crippen molar-refractivity contribution in [2.24, 2.45) is 0 Å². The zero-order valence-corrected chi connectivity index (χ0v) is 7.36. The average molecular weight is 200 g/mol. The first-order valence-electron chi connectivity index (χ1n) is 3.80. The summed E-state index contributed by atoms with van der Waals surface area (Å²) >= 11 is 0. The number of halogens is 1. The van der Waals surface area contributed by atoms with Gasteiger partial charge in [-0.15, -0.1) is 0 Å². The van der Waals surface area contributed by atoms with E-state index in [4.69, 9.17) is 15.3 Å². The van der Waals surface area contributed by atoms with Gasteiger partial charge in [-0.05, 0) is 19.1 Å². The van der Waals surface area contributed by atoms with Crippen molar-refractivity contribution in [3.05, 3.63) is 23.8 Å². The molecule has 0 heterocycles. The molecule has 0 saturated heterocycles. The maximum absolute atomic E-state index is 13.5. The summed E-state index contributed by atoms with van der Waals surface area (Å²) in [6, 6.07) is 3.01. The number of benzene rings is 1. The predicted octanol–water partition coefficient (Wildman–Crippen LogP) is 1.37. The predicted molar refractivity (Wildman–Crippen MR) is 45.9 cm³/mol. The summed E-state index contributed by atoms with van der Waals surface area (Å²) in [5, 5.41) is 26.5. The van der Waals surface area contributed by atoms with E-state index in [1.165, 1.54) is 0 Å². The Kier molecular flexibility index (Phi) is 2.33. The Hall–Kier alpha value is -1.78. The van der Waals surface area contributed by atoms with Gasteiger partial charge in [0.2, 0.25) is 5.67 Å². The van der Waals surface area contributed by atoms with Crippen molar-refractivity contribution in [3.8, 4) is 11.5 Å². The Bertz CT molecular complexity index is 373. The number of carboxylic acid groups (broad SMARTS) is 1. The van der Waals surface area contributed by atoms with Crippen LogP contribution < -0.4 is 0 Å². The summed E-state index contributed by atoms with van der Waals surface area (Å²) < 4.78 is 13.5. The van der Waals surface area contributed by atoms with Crippen LogP contribution in [0.5, 0.6) is 11.5 Å². The highest BCUT2D eigenvalue weighted by atomic mass is 19.1. The molecule has 1 aromatic rings. The second-order valence-corrected chi connectivity index (χ2v) is 3.01. The fourth-order valence-corrected chi connectivity index (χ4v) is 0.939. The molecule has 1 atom stereocenters. The molecule has 0 aliphatic rings. The Morgan fingerprint density at radius 1 is 1.36 bits per heavy atom. The van der Waals surface area contributed by atoms with E-state index in [0.717, 1.165) is 25.1 Å². The molecule has 3 N–H and O–H groups in total. The molecule has 0 radical (unpaired) electrons. The van der Waals surface area contributed by atoms with Gasteiger partial charge < -0.3 is 15.3 Å². The van der Waals surface area contributed by atoms with Crippen LogP contribution in [0.4, 0.5) is 4.39 Å². The minimum Gasteiger partial charge on any atom is -0.504 e. The quantitative estimate of drug-likeness (QED) is 0.630. The third-order valence-corrected chi connectivity index (χ3v) is 1.92. The van der Waals surface area contributed by atoms with Gasteiger partial charge in [-0.3, -0.25) is 0 Å². The van der Waals surface area contributed by atoms with Gasteiger partial charge in [0.05, 0.1) is 0 Å². The summed E-state index contributed by atoms with van der Waals surface area (Å²) in [5.41, 5.74) is -2.80. The molecule has 0 spiro atoms.